The van der Waals surface area contributed by atoms with Crippen LogP contribution in [-0.2, 0) is 0 Å². The third-order valence-corrected chi connectivity index (χ3v) is 6.30. The van der Waals surface area contributed by atoms with Crippen molar-refractivity contribution in [2.24, 2.45) is 16.2 Å². The van der Waals surface area contributed by atoms with Crippen LogP contribution < -0.4 is 0 Å². The predicted octanol–water partition coefficient (Wildman–Crippen LogP) is 5.96. The zero-order valence-electron chi connectivity index (χ0n) is 13.4. The van der Waals surface area contributed by atoms with Crippen molar-refractivity contribution in [1.82, 2.24) is 0 Å². The van der Waals surface area contributed by atoms with E-state index >= 15 is 0 Å². The smallest absolute Gasteiger partial charge is 0.00733 e. The summed E-state index contributed by atoms with van der Waals surface area (Å²) < 4.78 is 0. The summed E-state index contributed by atoms with van der Waals surface area (Å²) >= 11 is 4.91. The van der Waals surface area contributed by atoms with Gasteiger partial charge in [0.25, 0.3) is 0 Å². The molecule has 0 N–H and O–H groups in total. The quantitative estimate of drug-likeness (QED) is 0.441. The van der Waals surface area contributed by atoms with E-state index in [1.54, 1.807) is 0 Å². The molecule has 0 saturated heterocycles. The van der Waals surface area contributed by atoms with Crippen LogP contribution in [0.25, 0.3) is 0 Å². The highest BCUT2D eigenvalue weighted by molar-refractivity contribution is 7.81. The SMILES string of the molecule is CCCCCC(S)C(C)(C)C(C)(C)C(C)(C)C. The molecule has 104 valence electrons. The molecular formula is C16H34S. The van der Waals surface area contributed by atoms with Crippen molar-refractivity contribution in [3.05, 3.63) is 0 Å². The van der Waals surface area contributed by atoms with E-state index in [1.807, 2.05) is 0 Å². The Labute approximate surface area is 115 Å². The van der Waals surface area contributed by atoms with E-state index < -0.39 is 0 Å². The molecule has 0 heterocycles. The molecule has 0 aliphatic carbocycles. The van der Waals surface area contributed by atoms with Gasteiger partial charge >= 0.3 is 0 Å². The first-order valence-electron chi connectivity index (χ1n) is 7.16. The Hall–Kier alpha value is 0.350. The summed E-state index contributed by atoms with van der Waals surface area (Å²) in [6.45, 7) is 18.9. The fourth-order valence-corrected chi connectivity index (χ4v) is 2.84. The Morgan fingerprint density at radius 3 is 1.71 bits per heavy atom. The van der Waals surface area contributed by atoms with Crippen molar-refractivity contribution in [2.45, 2.75) is 86.3 Å². The molecule has 0 aliphatic heterocycles. The molecule has 0 aromatic rings. The van der Waals surface area contributed by atoms with Crippen LogP contribution in [0.15, 0.2) is 0 Å². The normalized spacial score (nSPS) is 16.1. The standard InChI is InChI=1S/C16H34S/c1-9-10-11-12-13(17)15(5,6)16(7,8)14(2,3)4/h13,17H,9-12H2,1-8H3. The Kier molecular flexibility index (Phi) is 6.12. The fraction of sp³-hybridized carbons (Fsp3) is 1.00. The van der Waals surface area contributed by atoms with Gasteiger partial charge in [0.05, 0.1) is 0 Å². The highest BCUT2D eigenvalue weighted by atomic mass is 32.1. The molecule has 0 aliphatic rings. The first-order chi connectivity index (χ1) is 7.48. The maximum atomic E-state index is 4.91. The van der Waals surface area contributed by atoms with E-state index in [9.17, 15) is 0 Å². The Balaban J connectivity index is 4.75. The van der Waals surface area contributed by atoms with E-state index in [-0.39, 0.29) is 10.8 Å². The van der Waals surface area contributed by atoms with Gasteiger partial charge in [-0.25, -0.2) is 0 Å². The van der Waals surface area contributed by atoms with Crippen LogP contribution in [0.4, 0.5) is 0 Å². The second kappa shape index (κ2) is 5.99. The molecule has 1 unspecified atom stereocenters. The van der Waals surface area contributed by atoms with Gasteiger partial charge in [0.2, 0.25) is 0 Å². The molecule has 0 aromatic carbocycles. The summed E-state index contributed by atoms with van der Waals surface area (Å²) in [5.41, 5.74) is 0.836. The summed E-state index contributed by atoms with van der Waals surface area (Å²) in [6.07, 6.45) is 5.18. The fourth-order valence-electron chi connectivity index (χ4n) is 2.33. The van der Waals surface area contributed by atoms with E-state index in [4.69, 9.17) is 12.6 Å². The van der Waals surface area contributed by atoms with Crippen molar-refractivity contribution in [3.63, 3.8) is 0 Å². The molecule has 17 heavy (non-hydrogen) atoms. The highest BCUT2D eigenvalue weighted by Gasteiger charge is 2.48. The molecule has 0 amide bonds. The van der Waals surface area contributed by atoms with Gasteiger partial charge in [-0.15, -0.1) is 0 Å². The molecule has 0 saturated carbocycles. The Morgan fingerprint density at radius 1 is 0.882 bits per heavy atom. The summed E-state index contributed by atoms with van der Waals surface area (Å²) in [6, 6.07) is 0. The molecule has 0 rings (SSSR count). The molecule has 1 atom stereocenters. The predicted molar refractivity (Wildman–Crippen MR) is 83.9 cm³/mol. The maximum Gasteiger partial charge on any atom is 0.00733 e. The number of unbranched alkanes of at least 4 members (excludes halogenated alkanes) is 2. The van der Waals surface area contributed by atoms with E-state index in [1.165, 1.54) is 25.7 Å². The third kappa shape index (κ3) is 3.91. The molecule has 0 fully saturated rings. The first-order valence-corrected chi connectivity index (χ1v) is 7.68. The molecular weight excluding hydrogens is 224 g/mol. The van der Waals surface area contributed by atoms with Crippen molar-refractivity contribution in [2.75, 3.05) is 0 Å². The zero-order valence-corrected chi connectivity index (χ0v) is 14.2. The van der Waals surface area contributed by atoms with Gasteiger partial charge in [-0.1, -0.05) is 74.7 Å². The second-order valence-corrected chi connectivity index (χ2v) is 8.23. The first kappa shape index (κ1) is 17.4. The van der Waals surface area contributed by atoms with Gasteiger partial charge in [-0.3, -0.25) is 0 Å². The highest BCUT2D eigenvalue weighted by Crippen LogP contribution is 2.54. The average Bonchev–Trinajstić information content (AvgIpc) is 2.15. The molecule has 0 spiro atoms. The van der Waals surface area contributed by atoms with Gasteiger partial charge < -0.3 is 0 Å². The average molecular weight is 259 g/mol. The van der Waals surface area contributed by atoms with Crippen molar-refractivity contribution >= 4 is 12.6 Å². The zero-order chi connectivity index (χ0) is 13.9. The van der Waals surface area contributed by atoms with Gasteiger partial charge in [-0.05, 0) is 22.7 Å². The summed E-state index contributed by atoms with van der Waals surface area (Å²) in [5, 5.41) is 0.489. The van der Waals surface area contributed by atoms with Crippen LogP contribution in [0.3, 0.4) is 0 Å². The van der Waals surface area contributed by atoms with E-state index in [0.717, 1.165) is 0 Å². The molecule has 0 aromatic heterocycles. The lowest BCUT2D eigenvalue weighted by atomic mass is 9.54. The minimum atomic E-state index is 0.252. The maximum absolute atomic E-state index is 4.91. The lowest BCUT2D eigenvalue weighted by molar-refractivity contribution is -0.00995. The van der Waals surface area contributed by atoms with Gasteiger partial charge in [0.15, 0.2) is 0 Å². The summed E-state index contributed by atoms with van der Waals surface area (Å²) in [7, 11) is 0. The number of thiol groups is 1. The monoisotopic (exact) mass is 258 g/mol. The van der Waals surface area contributed by atoms with Gasteiger partial charge in [-0.2, -0.15) is 12.6 Å². The van der Waals surface area contributed by atoms with Crippen molar-refractivity contribution in [1.29, 1.82) is 0 Å². The van der Waals surface area contributed by atoms with Crippen molar-refractivity contribution < 1.29 is 0 Å². The molecule has 0 nitrogen and oxygen atoms in total. The largest absolute Gasteiger partial charge is 0.175 e. The molecule has 0 radical (unpaired) electrons. The third-order valence-electron chi connectivity index (χ3n) is 5.40. The van der Waals surface area contributed by atoms with Crippen molar-refractivity contribution in [3.8, 4) is 0 Å². The van der Waals surface area contributed by atoms with Crippen LogP contribution in [0.1, 0.15) is 81.1 Å². The Bertz CT molecular complexity index is 220. The number of hydrogen-bond donors (Lipinski definition) is 1. The summed E-state index contributed by atoms with van der Waals surface area (Å²) in [4.78, 5) is 0. The minimum Gasteiger partial charge on any atom is -0.175 e. The second-order valence-electron chi connectivity index (χ2n) is 7.61. The lowest BCUT2D eigenvalue weighted by Gasteiger charge is -2.53. The van der Waals surface area contributed by atoms with Gasteiger partial charge in [0, 0.05) is 5.25 Å². The van der Waals surface area contributed by atoms with E-state index in [2.05, 4.69) is 55.4 Å². The minimum absolute atomic E-state index is 0.252. The van der Waals surface area contributed by atoms with Crippen LogP contribution in [0.2, 0.25) is 0 Å². The number of rotatable bonds is 6. The van der Waals surface area contributed by atoms with E-state index in [0.29, 0.717) is 10.7 Å². The van der Waals surface area contributed by atoms with Crippen LogP contribution >= 0.6 is 12.6 Å². The lowest BCUT2D eigenvalue weighted by Crippen LogP contribution is -2.47. The molecule has 1 heteroatoms. The van der Waals surface area contributed by atoms with Crippen LogP contribution in [-0.4, -0.2) is 5.25 Å². The van der Waals surface area contributed by atoms with Gasteiger partial charge in [0.1, 0.15) is 0 Å². The molecule has 0 bridgehead atoms. The Morgan fingerprint density at radius 2 is 1.35 bits per heavy atom. The summed E-state index contributed by atoms with van der Waals surface area (Å²) in [5.74, 6) is 0. The van der Waals surface area contributed by atoms with Crippen LogP contribution in [0.5, 0.6) is 0 Å². The number of hydrogen-bond acceptors (Lipinski definition) is 1. The topological polar surface area (TPSA) is 0 Å². The van der Waals surface area contributed by atoms with Crippen LogP contribution in [0, 0.1) is 16.2 Å².